The number of rotatable bonds is 4. The van der Waals surface area contributed by atoms with Gasteiger partial charge in [0.25, 0.3) is 0 Å². The number of nitrogens with zero attached hydrogens (tertiary/aromatic N) is 1. The van der Waals surface area contributed by atoms with Crippen LogP contribution in [-0.2, 0) is 20.6 Å². The molecule has 0 unspecified atom stereocenters. The van der Waals surface area contributed by atoms with Gasteiger partial charge >= 0.3 is 0 Å². The Morgan fingerprint density at radius 3 is 2.58 bits per heavy atom. The fraction of sp³-hybridized carbons (Fsp3) is 0.615. The zero-order chi connectivity index (χ0) is 17.3. The molecule has 0 aliphatic heterocycles. The molecule has 0 N–H and O–H groups in total. The Morgan fingerprint density at radius 1 is 1.47 bits per heavy atom. The van der Waals surface area contributed by atoms with Crippen molar-refractivity contribution in [2.75, 3.05) is 12.0 Å². The van der Waals surface area contributed by atoms with Crippen LogP contribution in [0.25, 0.3) is 0 Å². The van der Waals surface area contributed by atoms with Crippen LogP contribution in [0.4, 0.5) is 0 Å². The van der Waals surface area contributed by atoms with Crippen molar-refractivity contribution in [3.8, 4) is 0 Å². The number of aromatic nitrogens is 1. The largest absolute Gasteiger partial charge is 0.259 e. The zero-order valence-electron chi connectivity index (χ0n) is 14.5. The van der Waals surface area contributed by atoms with Gasteiger partial charge in [-0.1, -0.05) is 6.85 Å². The van der Waals surface area contributed by atoms with Crippen molar-refractivity contribution in [2.24, 2.45) is 0 Å². The van der Waals surface area contributed by atoms with E-state index in [1.807, 2.05) is 0 Å². The summed E-state index contributed by atoms with van der Waals surface area (Å²) in [4.78, 5) is 3.76. The average molecular weight is 306 g/mol. The van der Waals surface area contributed by atoms with Gasteiger partial charge in [0.05, 0.1) is 0 Å². The van der Waals surface area contributed by atoms with Gasteiger partial charge in [-0.2, -0.15) is 0 Å². The number of hydrogen-bond acceptors (Lipinski definition) is 4. The van der Waals surface area contributed by atoms with E-state index >= 15 is 0 Å². The minimum absolute atomic E-state index is 0.0623. The first kappa shape index (κ1) is 12.0. The molecule has 0 amide bonds. The van der Waals surface area contributed by atoms with Gasteiger partial charge in [-0.3, -0.25) is 4.21 Å². The van der Waals surface area contributed by atoms with Gasteiger partial charge in [0.1, 0.15) is 0 Å². The summed E-state index contributed by atoms with van der Waals surface area (Å²) in [5.41, 5.74) is 0.313. The highest BCUT2D eigenvalue weighted by molar-refractivity contribution is 7.90. The summed E-state index contributed by atoms with van der Waals surface area (Å²) in [5.74, 6) is -1.07. The minimum Gasteiger partial charge on any atom is -0.259 e. The molecule has 0 radical (unpaired) electrons. The van der Waals surface area contributed by atoms with E-state index in [2.05, 4.69) is 4.98 Å². The lowest BCUT2D eigenvalue weighted by molar-refractivity contribution is 0.598. The quantitative estimate of drug-likeness (QED) is 0.855. The summed E-state index contributed by atoms with van der Waals surface area (Å²) in [6, 6.07) is 2.72. The Bertz CT molecular complexity index is 664. The Labute approximate surface area is 122 Å². The third-order valence-corrected chi connectivity index (χ3v) is 5.53. The summed E-state index contributed by atoms with van der Waals surface area (Å²) in [5, 5.41) is -0.180. The van der Waals surface area contributed by atoms with Gasteiger partial charge < -0.3 is 0 Å². The summed E-state index contributed by atoms with van der Waals surface area (Å²) in [6.07, 6.45) is 2.28. The SMILES string of the molecule is [2H]C([2H])([2H])[C@H](C[S@](=O)C(C)(C)C)c1ccnc(S(C)(=O)=O)c1. The highest BCUT2D eigenvalue weighted by Gasteiger charge is 2.22. The van der Waals surface area contributed by atoms with Crippen LogP contribution in [0, 0.1) is 0 Å². The molecule has 0 saturated heterocycles. The zero-order valence-corrected chi connectivity index (χ0v) is 13.1. The summed E-state index contributed by atoms with van der Waals surface area (Å²) < 4.78 is 57.9. The predicted octanol–water partition coefficient (Wildman–Crippen LogP) is 2.14. The molecule has 4 nitrogen and oxygen atoms in total. The molecule has 1 heterocycles. The maximum atomic E-state index is 12.3. The lowest BCUT2D eigenvalue weighted by atomic mass is 10.1. The Kier molecular flexibility index (Phi) is 3.61. The molecule has 0 spiro atoms. The highest BCUT2D eigenvalue weighted by atomic mass is 32.2. The fourth-order valence-electron chi connectivity index (χ4n) is 1.34. The number of hydrogen-bond donors (Lipinski definition) is 0. The van der Waals surface area contributed by atoms with Gasteiger partial charge in [-0.15, -0.1) is 0 Å². The van der Waals surface area contributed by atoms with Crippen molar-refractivity contribution in [1.82, 2.24) is 4.98 Å². The first-order valence-electron chi connectivity index (χ1n) is 7.27. The van der Waals surface area contributed by atoms with Gasteiger partial charge in [0.15, 0.2) is 14.9 Å². The van der Waals surface area contributed by atoms with E-state index in [9.17, 15) is 12.6 Å². The fourth-order valence-corrected chi connectivity index (χ4v) is 2.94. The molecule has 0 bridgehead atoms. The standard InChI is InChI=1S/C13H21NO3S2/c1-10(9-18(15)13(2,3)4)11-6-7-14-12(8-11)19(5,16)17/h6-8,10H,9H2,1-5H3/t10-,18+/m1/s1/i1D3. The maximum Gasteiger partial charge on any atom is 0.192 e. The van der Waals surface area contributed by atoms with Crippen LogP contribution in [0.5, 0.6) is 0 Å². The van der Waals surface area contributed by atoms with Crippen molar-refractivity contribution < 1.29 is 16.7 Å². The number of sulfone groups is 1. The Balaban J connectivity index is 3.28. The molecule has 1 aromatic heterocycles. The van der Waals surface area contributed by atoms with Crippen molar-refractivity contribution in [3.05, 3.63) is 23.9 Å². The predicted molar refractivity (Wildman–Crippen MR) is 78.5 cm³/mol. The van der Waals surface area contributed by atoms with Crippen LogP contribution in [0.1, 0.15) is 43.2 Å². The molecule has 1 rings (SSSR count). The molecule has 0 saturated carbocycles. The van der Waals surface area contributed by atoms with Gasteiger partial charge in [-0.25, -0.2) is 13.4 Å². The minimum atomic E-state index is -3.53. The molecule has 0 aliphatic rings. The van der Waals surface area contributed by atoms with Crippen molar-refractivity contribution >= 4 is 20.6 Å². The molecule has 108 valence electrons. The topological polar surface area (TPSA) is 64.1 Å². The first-order chi connectivity index (χ1) is 9.73. The monoisotopic (exact) mass is 306 g/mol. The van der Waals surface area contributed by atoms with Gasteiger partial charge in [0.2, 0.25) is 0 Å². The van der Waals surface area contributed by atoms with Crippen LogP contribution >= 0.6 is 0 Å². The molecule has 0 aromatic carbocycles. The second kappa shape index (κ2) is 5.71. The second-order valence-corrected chi connectivity index (χ2v) is 9.59. The molecule has 19 heavy (non-hydrogen) atoms. The molecular weight excluding hydrogens is 282 g/mol. The summed E-state index contributed by atoms with van der Waals surface area (Å²) in [7, 11) is -4.90. The molecule has 2 atom stereocenters. The lowest BCUT2D eigenvalue weighted by Gasteiger charge is -2.21. The van der Waals surface area contributed by atoms with Crippen molar-refractivity contribution in [3.63, 3.8) is 0 Å². The van der Waals surface area contributed by atoms with Crippen LogP contribution in [0.15, 0.2) is 23.4 Å². The molecule has 1 aromatic rings. The molecule has 6 heteroatoms. The van der Waals surface area contributed by atoms with Crippen LogP contribution < -0.4 is 0 Å². The van der Waals surface area contributed by atoms with Gasteiger partial charge in [-0.05, 0) is 44.4 Å². The van der Waals surface area contributed by atoms with Crippen LogP contribution in [0.2, 0.25) is 0 Å². The molecular formula is C13H21NO3S2. The van der Waals surface area contributed by atoms with Crippen LogP contribution in [0.3, 0.4) is 0 Å². The van der Waals surface area contributed by atoms with E-state index in [0.29, 0.717) is 5.56 Å². The third-order valence-electron chi connectivity index (χ3n) is 2.54. The summed E-state index contributed by atoms with van der Waals surface area (Å²) in [6.45, 7) is 2.94. The molecule has 0 fully saturated rings. The van der Waals surface area contributed by atoms with E-state index < -0.39 is 38.2 Å². The number of pyridine rings is 1. The maximum absolute atomic E-state index is 12.3. The van der Waals surface area contributed by atoms with E-state index in [1.54, 1.807) is 20.8 Å². The van der Waals surface area contributed by atoms with Gasteiger partial charge in [0, 0.05) is 37.9 Å². The Morgan fingerprint density at radius 2 is 2.11 bits per heavy atom. The van der Waals surface area contributed by atoms with E-state index in [4.69, 9.17) is 4.11 Å². The smallest absolute Gasteiger partial charge is 0.192 e. The Hall–Kier alpha value is -0.750. The molecule has 0 aliphatic carbocycles. The summed E-state index contributed by atoms with van der Waals surface area (Å²) >= 11 is 0. The lowest BCUT2D eigenvalue weighted by Crippen LogP contribution is -2.26. The third kappa shape index (κ3) is 4.69. The van der Waals surface area contributed by atoms with Crippen molar-refractivity contribution in [1.29, 1.82) is 0 Å². The highest BCUT2D eigenvalue weighted by Crippen LogP contribution is 2.22. The van der Waals surface area contributed by atoms with E-state index in [0.717, 1.165) is 6.26 Å². The van der Waals surface area contributed by atoms with E-state index in [1.165, 1.54) is 18.3 Å². The van der Waals surface area contributed by atoms with Crippen molar-refractivity contribution in [2.45, 2.75) is 43.3 Å². The average Bonchev–Trinajstić information content (AvgIpc) is 2.32. The normalized spacial score (nSPS) is 19.1. The second-order valence-electron chi connectivity index (χ2n) is 5.38. The first-order valence-corrected chi connectivity index (χ1v) is 8.98. The van der Waals surface area contributed by atoms with Crippen LogP contribution in [-0.4, -0.2) is 34.4 Å². The van der Waals surface area contributed by atoms with E-state index in [-0.39, 0.29) is 10.8 Å².